The first kappa shape index (κ1) is 23.4. The minimum absolute atomic E-state index is 0.000524. The molecule has 3 aromatic heterocycles. The molecule has 11 nitrogen and oxygen atoms in total. The molecule has 3 heterocycles. The standard InChI is InChI=1S/C24H24N8O3/c1-15-21(16(2)32-24(28-15)17(10-25)11-27-32)8-9-22(33)30-19-12-26-31(13-19)14-23(34)29-18-4-6-20(35-3)7-5-18/h4-7,11-13H,8-9,14H2,1-3H3,(H,29,34)(H,30,33). The van der Waals surface area contributed by atoms with Gasteiger partial charge >= 0.3 is 0 Å². The number of nitriles is 1. The Bertz CT molecular complexity index is 1430. The maximum atomic E-state index is 12.5. The lowest BCUT2D eigenvalue weighted by atomic mass is 10.1. The second-order valence-electron chi connectivity index (χ2n) is 7.92. The Morgan fingerprint density at radius 2 is 1.80 bits per heavy atom. The SMILES string of the molecule is COc1ccc(NC(=O)Cn2cc(NC(=O)CCc3c(C)nc4c(C#N)cnn4c3C)cn2)cc1. The number of fused-ring (bicyclic) bond motifs is 1. The first-order valence-corrected chi connectivity index (χ1v) is 10.9. The largest absolute Gasteiger partial charge is 0.497 e. The smallest absolute Gasteiger partial charge is 0.246 e. The van der Waals surface area contributed by atoms with Crippen molar-refractivity contribution >= 4 is 28.8 Å². The number of carbonyl (C=O) groups is 2. The van der Waals surface area contributed by atoms with Gasteiger partial charge in [-0.3, -0.25) is 14.3 Å². The third kappa shape index (κ3) is 5.27. The minimum Gasteiger partial charge on any atom is -0.497 e. The molecule has 0 aliphatic rings. The lowest BCUT2D eigenvalue weighted by Gasteiger charge is -2.11. The summed E-state index contributed by atoms with van der Waals surface area (Å²) in [6, 6.07) is 9.09. The number of hydrogen-bond acceptors (Lipinski definition) is 7. The summed E-state index contributed by atoms with van der Waals surface area (Å²) < 4.78 is 8.18. The van der Waals surface area contributed by atoms with E-state index in [0.717, 1.165) is 17.0 Å². The number of anilines is 2. The van der Waals surface area contributed by atoms with Crippen molar-refractivity contribution in [3.63, 3.8) is 0 Å². The summed E-state index contributed by atoms with van der Waals surface area (Å²) in [5.74, 6) is 0.264. The molecule has 0 radical (unpaired) electrons. The van der Waals surface area contributed by atoms with E-state index in [1.54, 1.807) is 42.1 Å². The van der Waals surface area contributed by atoms with Gasteiger partial charge in [-0.25, -0.2) is 9.50 Å². The van der Waals surface area contributed by atoms with E-state index in [1.165, 1.54) is 17.1 Å². The highest BCUT2D eigenvalue weighted by atomic mass is 16.5. The monoisotopic (exact) mass is 472 g/mol. The molecule has 0 unspecified atom stereocenters. The van der Waals surface area contributed by atoms with Crippen LogP contribution in [-0.2, 0) is 22.6 Å². The summed E-state index contributed by atoms with van der Waals surface area (Å²) in [7, 11) is 1.58. The van der Waals surface area contributed by atoms with Gasteiger partial charge < -0.3 is 15.4 Å². The number of nitrogens with one attached hydrogen (secondary N) is 2. The van der Waals surface area contributed by atoms with Crippen molar-refractivity contribution in [2.45, 2.75) is 33.2 Å². The Morgan fingerprint density at radius 1 is 1.06 bits per heavy atom. The molecule has 11 heteroatoms. The number of benzene rings is 1. The van der Waals surface area contributed by atoms with Gasteiger partial charge in [-0.1, -0.05) is 0 Å². The van der Waals surface area contributed by atoms with Gasteiger partial charge in [0.2, 0.25) is 11.8 Å². The van der Waals surface area contributed by atoms with Crippen molar-refractivity contribution in [2.75, 3.05) is 17.7 Å². The normalized spacial score (nSPS) is 10.7. The summed E-state index contributed by atoms with van der Waals surface area (Å²) in [5, 5.41) is 23.2. The van der Waals surface area contributed by atoms with Gasteiger partial charge in [0.1, 0.15) is 23.9 Å². The van der Waals surface area contributed by atoms with Crippen molar-refractivity contribution in [3.05, 3.63) is 65.4 Å². The molecule has 0 atom stereocenters. The number of ether oxygens (including phenoxy) is 1. The molecule has 0 saturated carbocycles. The van der Waals surface area contributed by atoms with Gasteiger partial charge in [-0.2, -0.15) is 15.5 Å². The fourth-order valence-corrected chi connectivity index (χ4v) is 3.75. The van der Waals surface area contributed by atoms with Crippen LogP contribution >= 0.6 is 0 Å². The van der Waals surface area contributed by atoms with Crippen LogP contribution in [-0.4, -0.2) is 43.3 Å². The van der Waals surface area contributed by atoms with Crippen molar-refractivity contribution in [1.29, 1.82) is 5.26 Å². The second-order valence-corrected chi connectivity index (χ2v) is 7.92. The number of rotatable bonds is 8. The Kier molecular flexibility index (Phi) is 6.73. The van der Waals surface area contributed by atoms with E-state index in [4.69, 9.17) is 4.74 Å². The molecule has 0 saturated heterocycles. The number of amides is 2. The van der Waals surface area contributed by atoms with E-state index in [0.29, 0.717) is 34.8 Å². The second kappa shape index (κ2) is 10.0. The van der Waals surface area contributed by atoms with Crippen molar-refractivity contribution in [3.8, 4) is 11.8 Å². The molecule has 4 aromatic rings. The number of methoxy groups -OCH3 is 1. The Labute approximate surface area is 201 Å². The van der Waals surface area contributed by atoms with Crippen LogP contribution in [0.3, 0.4) is 0 Å². The number of nitrogens with zero attached hydrogens (tertiary/aromatic N) is 6. The molecule has 0 aliphatic heterocycles. The first-order chi connectivity index (χ1) is 16.9. The zero-order valence-corrected chi connectivity index (χ0v) is 19.6. The summed E-state index contributed by atoms with van der Waals surface area (Å²) >= 11 is 0. The average molecular weight is 473 g/mol. The number of aromatic nitrogens is 5. The van der Waals surface area contributed by atoms with E-state index in [1.807, 2.05) is 13.8 Å². The van der Waals surface area contributed by atoms with Crippen molar-refractivity contribution in [1.82, 2.24) is 24.4 Å². The van der Waals surface area contributed by atoms with E-state index in [2.05, 4.69) is 31.9 Å². The molecule has 4 rings (SSSR count). The number of aryl methyl sites for hydroxylation is 2. The first-order valence-electron chi connectivity index (χ1n) is 10.9. The zero-order valence-electron chi connectivity index (χ0n) is 19.6. The average Bonchev–Trinajstić information content (AvgIpc) is 3.45. The number of hydrogen-bond donors (Lipinski definition) is 2. The molecule has 35 heavy (non-hydrogen) atoms. The molecule has 0 aliphatic carbocycles. The predicted octanol–water partition coefficient (Wildman–Crippen LogP) is 2.63. The van der Waals surface area contributed by atoms with Gasteiger partial charge in [0.05, 0.1) is 25.2 Å². The Morgan fingerprint density at radius 3 is 2.51 bits per heavy atom. The molecule has 178 valence electrons. The third-order valence-corrected chi connectivity index (χ3v) is 5.53. The van der Waals surface area contributed by atoms with Crippen LogP contribution in [0.2, 0.25) is 0 Å². The maximum absolute atomic E-state index is 12.5. The summed E-state index contributed by atoms with van der Waals surface area (Å²) in [5.41, 5.74) is 4.59. The fourth-order valence-electron chi connectivity index (χ4n) is 3.75. The van der Waals surface area contributed by atoms with Crippen molar-refractivity contribution < 1.29 is 14.3 Å². The van der Waals surface area contributed by atoms with Crippen LogP contribution in [0.4, 0.5) is 11.4 Å². The predicted molar refractivity (Wildman–Crippen MR) is 128 cm³/mol. The van der Waals surface area contributed by atoms with E-state index in [9.17, 15) is 14.9 Å². The van der Waals surface area contributed by atoms with Crippen LogP contribution in [0.1, 0.15) is 28.9 Å². The summed E-state index contributed by atoms with van der Waals surface area (Å²) in [4.78, 5) is 29.3. The molecule has 2 amide bonds. The van der Waals surface area contributed by atoms with E-state index < -0.39 is 0 Å². The number of carbonyl (C=O) groups excluding carboxylic acids is 2. The summed E-state index contributed by atoms with van der Waals surface area (Å²) in [6.45, 7) is 3.75. The molecule has 0 bridgehead atoms. The van der Waals surface area contributed by atoms with Gasteiger partial charge in [-0.05, 0) is 50.1 Å². The van der Waals surface area contributed by atoms with E-state index >= 15 is 0 Å². The topological polar surface area (TPSA) is 139 Å². The molecule has 0 fully saturated rings. The van der Waals surface area contributed by atoms with Gasteiger partial charge in [0, 0.05) is 29.7 Å². The van der Waals surface area contributed by atoms with Crippen LogP contribution in [0.25, 0.3) is 5.65 Å². The molecule has 2 N–H and O–H groups in total. The maximum Gasteiger partial charge on any atom is 0.246 e. The van der Waals surface area contributed by atoms with Crippen LogP contribution < -0.4 is 15.4 Å². The fraction of sp³-hybridized carbons (Fsp3) is 0.250. The van der Waals surface area contributed by atoms with Crippen LogP contribution in [0.15, 0.2) is 42.9 Å². The Balaban J connectivity index is 1.32. The molecular formula is C24H24N8O3. The molecular weight excluding hydrogens is 448 g/mol. The minimum atomic E-state index is -0.247. The van der Waals surface area contributed by atoms with Crippen LogP contribution in [0, 0.1) is 25.2 Å². The van der Waals surface area contributed by atoms with Crippen molar-refractivity contribution in [2.24, 2.45) is 0 Å². The lowest BCUT2D eigenvalue weighted by molar-refractivity contribution is -0.117. The molecule has 1 aromatic carbocycles. The summed E-state index contributed by atoms with van der Waals surface area (Å²) in [6.07, 6.45) is 5.27. The van der Waals surface area contributed by atoms with Gasteiger partial charge in [0.25, 0.3) is 0 Å². The highest BCUT2D eigenvalue weighted by Crippen LogP contribution is 2.19. The van der Waals surface area contributed by atoms with Gasteiger partial charge in [-0.15, -0.1) is 0 Å². The Hall–Kier alpha value is -4.72. The van der Waals surface area contributed by atoms with Gasteiger partial charge in [0.15, 0.2) is 5.65 Å². The van der Waals surface area contributed by atoms with E-state index in [-0.39, 0.29) is 24.8 Å². The third-order valence-electron chi connectivity index (χ3n) is 5.53. The lowest BCUT2D eigenvalue weighted by Crippen LogP contribution is -2.19. The quantitative estimate of drug-likeness (QED) is 0.402. The highest BCUT2D eigenvalue weighted by Gasteiger charge is 2.15. The zero-order chi connectivity index (χ0) is 24.9. The molecule has 0 spiro atoms. The highest BCUT2D eigenvalue weighted by molar-refractivity contribution is 5.91. The van der Waals surface area contributed by atoms with Crippen LogP contribution in [0.5, 0.6) is 5.75 Å².